The highest BCUT2D eigenvalue weighted by atomic mass is 32.2. The van der Waals surface area contributed by atoms with Gasteiger partial charge in [0, 0.05) is 11.4 Å². The molecule has 62 valence electrons. The maximum absolute atomic E-state index is 9.34. The molecule has 0 aliphatic heterocycles. The van der Waals surface area contributed by atoms with E-state index in [1.54, 1.807) is 0 Å². The first-order valence-electron chi connectivity index (χ1n) is 3.62. The van der Waals surface area contributed by atoms with Crippen molar-refractivity contribution < 1.29 is 5.11 Å². The fourth-order valence-electron chi connectivity index (χ4n) is 0.598. The molecule has 0 aromatic carbocycles. The number of hydrogen-bond donors (Lipinski definition) is 2. The molecule has 1 unspecified atom stereocenters. The third-order valence-corrected chi connectivity index (χ3v) is 2.04. The standard InChI is InChI=1S/C7H14BNOS/c1-3-9-4-7(10)6(2)11-5-8/h7,9-10H,2-5H2,1H3. The Morgan fingerprint density at radius 1 is 1.82 bits per heavy atom. The number of nitrogens with one attached hydrogen (secondary N) is 1. The monoisotopic (exact) mass is 171 g/mol. The van der Waals surface area contributed by atoms with Crippen molar-refractivity contribution in [3.05, 3.63) is 11.5 Å². The van der Waals surface area contributed by atoms with E-state index in [2.05, 4.69) is 11.9 Å². The second-order valence-electron chi connectivity index (χ2n) is 2.10. The summed E-state index contributed by atoms with van der Waals surface area (Å²) in [6, 6.07) is 0. The van der Waals surface area contributed by atoms with Gasteiger partial charge in [0.1, 0.15) is 0 Å². The summed E-state index contributed by atoms with van der Waals surface area (Å²) in [5.41, 5.74) is 0.474. The predicted octanol–water partition coefficient (Wildman–Crippen LogP) is 0.330. The van der Waals surface area contributed by atoms with E-state index < -0.39 is 6.10 Å². The lowest BCUT2D eigenvalue weighted by Crippen LogP contribution is -2.27. The highest BCUT2D eigenvalue weighted by molar-refractivity contribution is 8.04. The van der Waals surface area contributed by atoms with Crippen LogP contribution in [0.15, 0.2) is 11.5 Å². The van der Waals surface area contributed by atoms with Gasteiger partial charge in [-0.3, -0.25) is 0 Å². The van der Waals surface area contributed by atoms with Crippen LogP contribution in [0, 0.1) is 0 Å². The molecular formula is C7H14BNOS. The first-order valence-corrected chi connectivity index (χ1v) is 4.61. The fraction of sp³-hybridized carbons (Fsp3) is 0.714. The van der Waals surface area contributed by atoms with E-state index in [-0.39, 0.29) is 0 Å². The third-order valence-electron chi connectivity index (χ3n) is 1.23. The SMILES string of the molecule is [B]CSC(=C)C(O)CNCC. The molecule has 0 saturated heterocycles. The Balaban J connectivity index is 3.46. The Bertz CT molecular complexity index is 121. The lowest BCUT2D eigenvalue weighted by molar-refractivity contribution is 0.216. The smallest absolute Gasteiger partial charge is 0.0966 e. The quantitative estimate of drug-likeness (QED) is 0.565. The molecule has 2 nitrogen and oxygen atoms in total. The molecule has 1 atom stereocenters. The molecule has 0 aliphatic rings. The van der Waals surface area contributed by atoms with Crippen molar-refractivity contribution in [1.82, 2.24) is 5.32 Å². The minimum atomic E-state index is -0.483. The van der Waals surface area contributed by atoms with Crippen LogP contribution >= 0.6 is 11.8 Å². The van der Waals surface area contributed by atoms with E-state index in [4.69, 9.17) is 7.85 Å². The zero-order chi connectivity index (χ0) is 8.69. The molecule has 0 spiro atoms. The van der Waals surface area contributed by atoms with Crippen LogP contribution in [0.2, 0.25) is 0 Å². The average molecular weight is 171 g/mol. The number of likely N-dealkylation sites (N-methyl/N-ethyl adjacent to an activating group) is 1. The maximum atomic E-state index is 9.34. The Morgan fingerprint density at radius 3 is 2.91 bits per heavy atom. The van der Waals surface area contributed by atoms with E-state index in [0.29, 0.717) is 12.2 Å². The van der Waals surface area contributed by atoms with E-state index in [1.807, 2.05) is 6.92 Å². The first kappa shape index (κ1) is 11.1. The highest BCUT2D eigenvalue weighted by Crippen LogP contribution is 2.14. The summed E-state index contributed by atoms with van der Waals surface area (Å²) >= 11 is 1.38. The van der Waals surface area contributed by atoms with Crippen LogP contribution < -0.4 is 5.32 Å². The van der Waals surface area contributed by atoms with Gasteiger partial charge in [0.25, 0.3) is 0 Å². The van der Waals surface area contributed by atoms with Gasteiger partial charge in [-0.1, -0.05) is 13.5 Å². The second kappa shape index (κ2) is 6.76. The van der Waals surface area contributed by atoms with Crippen molar-refractivity contribution in [2.75, 3.05) is 18.7 Å². The van der Waals surface area contributed by atoms with Crippen molar-refractivity contribution in [2.24, 2.45) is 0 Å². The zero-order valence-corrected chi connectivity index (χ0v) is 7.66. The van der Waals surface area contributed by atoms with Crippen molar-refractivity contribution >= 4 is 19.6 Å². The molecule has 0 heterocycles. The molecule has 0 amide bonds. The number of aliphatic hydroxyl groups excluding tert-OH is 1. The molecule has 0 fully saturated rings. The highest BCUT2D eigenvalue weighted by Gasteiger charge is 2.06. The Hall–Kier alpha value is 0.0749. The number of hydrogen-bond acceptors (Lipinski definition) is 3. The average Bonchev–Trinajstić information content (AvgIpc) is 2.00. The lowest BCUT2D eigenvalue weighted by atomic mass is 10.2. The van der Waals surface area contributed by atoms with E-state index >= 15 is 0 Å². The number of thioether (sulfide) groups is 1. The van der Waals surface area contributed by atoms with Gasteiger partial charge in [0.2, 0.25) is 0 Å². The molecule has 2 radical (unpaired) electrons. The summed E-state index contributed by atoms with van der Waals surface area (Å²) in [4.78, 5) is 0.730. The van der Waals surface area contributed by atoms with Gasteiger partial charge in [-0.2, -0.15) is 0 Å². The van der Waals surface area contributed by atoms with Crippen molar-refractivity contribution in [3.63, 3.8) is 0 Å². The fourth-order valence-corrected chi connectivity index (χ4v) is 1.09. The van der Waals surface area contributed by atoms with Crippen molar-refractivity contribution in [3.8, 4) is 0 Å². The van der Waals surface area contributed by atoms with Crippen LogP contribution in [0.4, 0.5) is 0 Å². The van der Waals surface area contributed by atoms with Gasteiger partial charge in [-0.05, 0) is 12.2 Å². The van der Waals surface area contributed by atoms with Crippen LogP contribution in [-0.4, -0.2) is 37.8 Å². The molecule has 2 N–H and O–H groups in total. The summed E-state index contributed by atoms with van der Waals surface area (Å²) in [6.45, 7) is 7.10. The maximum Gasteiger partial charge on any atom is 0.0966 e. The Morgan fingerprint density at radius 2 is 2.45 bits per heavy atom. The summed E-state index contributed by atoms with van der Waals surface area (Å²) in [5, 5.41) is 12.4. The first-order chi connectivity index (χ1) is 5.22. The summed E-state index contributed by atoms with van der Waals surface area (Å²) in [6.07, 6.45) is -0.483. The van der Waals surface area contributed by atoms with Crippen LogP contribution in [0.5, 0.6) is 0 Å². The lowest BCUT2D eigenvalue weighted by Gasteiger charge is -2.12. The molecule has 0 rings (SSSR count). The summed E-state index contributed by atoms with van der Waals surface area (Å²) in [5.74, 6) is 0. The van der Waals surface area contributed by atoms with Gasteiger partial charge < -0.3 is 10.4 Å². The third kappa shape index (κ3) is 5.36. The Labute approximate surface area is 73.9 Å². The van der Waals surface area contributed by atoms with Gasteiger partial charge in [-0.15, -0.1) is 11.8 Å². The molecule has 4 heteroatoms. The number of rotatable bonds is 6. The van der Waals surface area contributed by atoms with Gasteiger partial charge in [-0.25, -0.2) is 0 Å². The minimum absolute atomic E-state index is 0.474. The van der Waals surface area contributed by atoms with E-state index in [1.165, 1.54) is 11.8 Å². The largest absolute Gasteiger partial charge is 0.387 e. The van der Waals surface area contributed by atoms with Crippen LogP contribution in [0.3, 0.4) is 0 Å². The summed E-state index contributed by atoms with van der Waals surface area (Å²) < 4.78 is 0. The predicted molar refractivity (Wildman–Crippen MR) is 51.9 cm³/mol. The molecule has 11 heavy (non-hydrogen) atoms. The van der Waals surface area contributed by atoms with Gasteiger partial charge in [0.15, 0.2) is 0 Å². The van der Waals surface area contributed by atoms with Gasteiger partial charge in [0.05, 0.1) is 14.0 Å². The molecule has 0 aliphatic carbocycles. The van der Waals surface area contributed by atoms with Crippen molar-refractivity contribution in [1.29, 1.82) is 0 Å². The second-order valence-corrected chi connectivity index (χ2v) is 3.25. The van der Waals surface area contributed by atoms with Crippen LogP contribution in [0.1, 0.15) is 6.92 Å². The molecule has 0 aromatic rings. The molecular weight excluding hydrogens is 157 g/mol. The van der Waals surface area contributed by atoms with E-state index in [0.717, 1.165) is 11.4 Å². The molecule has 0 saturated carbocycles. The van der Waals surface area contributed by atoms with Crippen LogP contribution in [-0.2, 0) is 0 Å². The topological polar surface area (TPSA) is 32.3 Å². The minimum Gasteiger partial charge on any atom is -0.387 e. The van der Waals surface area contributed by atoms with E-state index in [9.17, 15) is 5.11 Å². The Kier molecular flexibility index (Phi) is 6.81. The zero-order valence-electron chi connectivity index (χ0n) is 6.84. The summed E-state index contributed by atoms with van der Waals surface area (Å²) in [7, 11) is 5.27. The normalized spacial score (nSPS) is 12.9. The molecule has 0 bridgehead atoms. The number of aliphatic hydroxyl groups is 1. The van der Waals surface area contributed by atoms with Crippen LogP contribution in [0.25, 0.3) is 0 Å². The molecule has 0 aromatic heterocycles. The van der Waals surface area contributed by atoms with Crippen molar-refractivity contribution in [2.45, 2.75) is 13.0 Å². The van der Waals surface area contributed by atoms with Gasteiger partial charge >= 0.3 is 0 Å².